The minimum Gasteiger partial charge on any atom is -0.478 e. The third kappa shape index (κ3) is 4.82. The number of hydrogen-bond donors (Lipinski definition) is 2. The van der Waals surface area contributed by atoms with Crippen molar-refractivity contribution >= 4 is 11.7 Å². The molecule has 0 amide bonds. The maximum Gasteiger partial charge on any atom is 0.416 e. The van der Waals surface area contributed by atoms with E-state index in [0.29, 0.717) is 29.3 Å². The Morgan fingerprint density at radius 1 is 0.964 bits per heavy atom. The lowest BCUT2D eigenvalue weighted by Crippen LogP contribution is -2.06. The summed E-state index contributed by atoms with van der Waals surface area (Å²) < 4.78 is 43.7. The topological polar surface area (TPSA) is 58.6 Å². The van der Waals surface area contributed by atoms with Crippen molar-refractivity contribution in [2.75, 3.05) is 5.32 Å². The Bertz CT molecular complexity index is 969. The second-order valence-corrected chi connectivity index (χ2v) is 5.98. The predicted molar refractivity (Wildman–Crippen MR) is 98.7 cm³/mol. The second-order valence-electron chi connectivity index (χ2n) is 5.98. The molecule has 3 aromatic rings. The van der Waals surface area contributed by atoms with Gasteiger partial charge in [-0.1, -0.05) is 30.3 Å². The molecule has 0 aromatic heterocycles. The number of para-hydroxylation sites is 2. The molecule has 3 aromatic carbocycles. The van der Waals surface area contributed by atoms with Crippen LogP contribution in [0.5, 0.6) is 11.5 Å². The maximum atomic E-state index is 12.6. The molecule has 0 heterocycles. The second kappa shape index (κ2) is 8.04. The van der Waals surface area contributed by atoms with E-state index < -0.39 is 17.7 Å². The average Bonchev–Trinajstić information content (AvgIpc) is 2.67. The lowest BCUT2D eigenvalue weighted by molar-refractivity contribution is -0.137. The van der Waals surface area contributed by atoms with Gasteiger partial charge in [0.05, 0.1) is 16.8 Å². The highest BCUT2D eigenvalue weighted by molar-refractivity contribution is 5.88. The Balaban J connectivity index is 1.72. The van der Waals surface area contributed by atoms with Gasteiger partial charge in [-0.3, -0.25) is 0 Å². The van der Waals surface area contributed by atoms with Crippen LogP contribution < -0.4 is 10.1 Å². The van der Waals surface area contributed by atoms with Crippen LogP contribution in [0.25, 0.3) is 0 Å². The number of alkyl halides is 3. The predicted octanol–water partition coefficient (Wildman–Crippen LogP) is 5.81. The minimum atomic E-state index is -4.36. The highest BCUT2D eigenvalue weighted by Gasteiger charge is 2.29. The summed E-state index contributed by atoms with van der Waals surface area (Å²) in [6.07, 6.45) is -4.36. The van der Waals surface area contributed by atoms with E-state index in [1.54, 1.807) is 36.4 Å². The van der Waals surface area contributed by atoms with Gasteiger partial charge in [-0.15, -0.1) is 0 Å². The van der Waals surface area contributed by atoms with E-state index in [9.17, 15) is 18.0 Å². The molecule has 0 saturated heterocycles. The Kier molecular flexibility index (Phi) is 5.54. The van der Waals surface area contributed by atoms with Gasteiger partial charge in [0.15, 0.2) is 5.75 Å². The van der Waals surface area contributed by atoms with Crippen molar-refractivity contribution in [3.05, 3.63) is 89.5 Å². The van der Waals surface area contributed by atoms with Crippen molar-refractivity contribution in [1.29, 1.82) is 0 Å². The van der Waals surface area contributed by atoms with E-state index >= 15 is 0 Å². The molecule has 0 spiro atoms. The average molecular weight is 387 g/mol. The highest BCUT2D eigenvalue weighted by Crippen LogP contribution is 2.31. The molecule has 28 heavy (non-hydrogen) atoms. The number of carboxylic acids is 1. The van der Waals surface area contributed by atoms with E-state index in [1.807, 2.05) is 0 Å². The number of benzene rings is 3. The Morgan fingerprint density at radius 3 is 2.36 bits per heavy atom. The van der Waals surface area contributed by atoms with Crippen LogP contribution in [0.4, 0.5) is 18.9 Å². The van der Waals surface area contributed by atoms with E-state index in [-0.39, 0.29) is 5.56 Å². The van der Waals surface area contributed by atoms with Gasteiger partial charge in [-0.2, -0.15) is 13.2 Å². The summed E-state index contributed by atoms with van der Waals surface area (Å²) in [6, 6.07) is 18.0. The summed E-state index contributed by atoms with van der Waals surface area (Å²) in [4.78, 5) is 11.1. The monoisotopic (exact) mass is 387 g/mol. The molecule has 0 bridgehead atoms. The molecule has 7 heteroatoms. The SMILES string of the molecule is O=C(O)c1cccc(Oc2ccccc2NCc2ccc(C(F)(F)F)cc2)c1. The van der Waals surface area contributed by atoms with Crippen LogP contribution in [0.2, 0.25) is 0 Å². The summed E-state index contributed by atoms with van der Waals surface area (Å²) in [5.41, 5.74) is 0.713. The largest absolute Gasteiger partial charge is 0.478 e. The van der Waals surface area contributed by atoms with Crippen LogP contribution in [-0.2, 0) is 12.7 Å². The molecule has 144 valence electrons. The smallest absolute Gasteiger partial charge is 0.416 e. The summed E-state index contributed by atoms with van der Waals surface area (Å²) >= 11 is 0. The van der Waals surface area contributed by atoms with Crippen molar-refractivity contribution in [3.8, 4) is 11.5 Å². The lowest BCUT2D eigenvalue weighted by Gasteiger charge is -2.14. The molecule has 0 unspecified atom stereocenters. The normalized spacial score (nSPS) is 11.1. The van der Waals surface area contributed by atoms with Crippen LogP contribution in [0.15, 0.2) is 72.8 Å². The van der Waals surface area contributed by atoms with Gasteiger partial charge in [0.1, 0.15) is 5.75 Å². The van der Waals surface area contributed by atoms with Gasteiger partial charge < -0.3 is 15.2 Å². The first-order valence-electron chi connectivity index (χ1n) is 8.33. The van der Waals surface area contributed by atoms with Crippen molar-refractivity contribution in [3.63, 3.8) is 0 Å². The highest BCUT2D eigenvalue weighted by atomic mass is 19.4. The van der Waals surface area contributed by atoms with Gasteiger partial charge in [-0.05, 0) is 48.0 Å². The summed E-state index contributed by atoms with van der Waals surface area (Å²) in [7, 11) is 0. The quantitative estimate of drug-likeness (QED) is 0.561. The Morgan fingerprint density at radius 2 is 1.68 bits per heavy atom. The van der Waals surface area contributed by atoms with Crippen LogP contribution in [0.1, 0.15) is 21.5 Å². The summed E-state index contributed by atoms with van der Waals surface area (Å²) in [6.45, 7) is 0.299. The number of anilines is 1. The van der Waals surface area contributed by atoms with Crippen molar-refractivity contribution in [1.82, 2.24) is 0 Å². The van der Waals surface area contributed by atoms with Gasteiger partial charge in [0, 0.05) is 6.54 Å². The van der Waals surface area contributed by atoms with E-state index in [1.165, 1.54) is 24.3 Å². The fraction of sp³-hybridized carbons (Fsp3) is 0.0952. The molecule has 0 aliphatic rings. The number of carboxylic acid groups (broad SMARTS) is 1. The van der Waals surface area contributed by atoms with Gasteiger partial charge >= 0.3 is 12.1 Å². The van der Waals surface area contributed by atoms with Gasteiger partial charge in [0.2, 0.25) is 0 Å². The van der Waals surface area contributed by atoms with Crippen LogP contribution in [0.3, 0.4) is 0 Å². The number of hydrogen-bond acceptors (Lipinski definition) is 3. The molecule has 0 fully saturated rings. The molecule has 0 saturated carbocycles. The van der Waals surface area contributed by atoms with E-state index in [2.05, 4.69) is 5.32 Å². The number of aromatic carboxylic acids is 1. The number of carbonyl (C=O) groups is 1. The Hall–Kier alpha value is -3.48. The minimum absolute atomic E-state index is 0.104. The molecular formula is C21H16F3NO3. The van der Waals surface area contributed by atoms with Gasteiger partial charge in [0.25, 0.3) is 0 Å². The molecule has 0 aliphatic heterocycles. The number of rotatable bonds is 6. The van der Waals surface area contributed by atoms with Crippen molar-refractivity contribution in [2.45, 2.75) is 12.7 Å². The standard InChI is InChI=1S/C21H16F3NO3/c22-21(23,24)16-10-8-14(9-11-16)13-25-18-6-1-2-7-19(18)28-17-5-3-4-15(12-17)20(26)27/h1-12,25H,13H2,(H,26,27). The first-order chi connectivity index (χ1) is 13.3. The molecule has 2 N–H and O–H groups in total. The number of nitrogens with one attached hydrogen (secondary N) is 1. The van der Waals surface area contributed by atoms with Crippen molar-refractivity contribution < 1.29 is 27.8 Å². The number of halogens is 3. The molecule has 0 aliphatic carbocycles. The summed E-state index contributed by atoms with van der Waals surface area (Å²) in [5.74, 6) is -0.222. The zero-order valence-corrected chi connectivity index (χ0v) is 14.5. The molecule has 0 radical (unpaired) electrons. The van der Waals surface area contributed by atoms with E-state index in [4.69, 9.17) is 9.84 Å². The molecular weight excluding hydrogens is 371 g/mol. The third-order valence-electron chi connectivity index (χ3n) is 3.96. The Labute approximate surface area is 159 Å². The summed E-state index contributed by atoms with van der Waals surface area (Å²) in [5, 5.41) is 12.2. The molecule has 3 rings (SSSR count). The van der Waals surface area contributed by atoms with Gasteiger partial charge in [-0.25, -0.2) is 4.79 Å². The first-order valence-corrected chi connectivity index (χ1v) is 8.33. The fourth-order valence-corrected chi connectivity index (χ4v) is 2.53. The molecule has 0 atom stereocenters. The van der Waals surface area contributed by atoms with Crippen LogP contribution in [0, 0.1) is 0 Å². The first kappa shape index (κ1) is 19.3. The fourth-order valence-electron chi connectivity index (χ4n) is 2.53. The zero-order chi connectivity index (χ0) is 20.1. The van der Waals surface area contributed by atoms with E-state index in [0.717, 1.165) is 12.1 Å². The van der Waals surface area contributed by atoms with Crippen LogP contribution >= 0.6 is 0 Å². The van der Waals surface area contributed by atoms with Crippen molar-refractivity contribution in [2.24, 2.45) is 0 Å². The number of ether oxygens (including phenoxy) is 1. The van der Waals surface area contributed by atoms with Crippen LogP contribution in [-0.4, -0.2) is 11.1 Å². The maximum absolute atomic E-state index is 12.6. The third-order valence-corrected chi connectivity index (χ3v) is 3.96. The zero-order valence-electron chi connectivity index (χ0n) is 14.5. The molecule has 4 nitrogen and oxygen atoms in total. The lowest BCUT2D eigenvalue weighted by atomic mass is 10.1.